The van der Waals surface area contributed by atoms with Crippen molar-refractivity contribution in [1.82, 2.24) is 4.72 Å². The van der Waals surface area contributed by atoms with Crippen LogP contribution in [0.1, 0.15) is 36.8 Å². The van der Waals surface area contributed by atoms with Crippen LogP contribution in [0.3, 0.4) is 0 Å². The third-order valence-corrected chi connectivity index (χ3v) is 5.93. The van der Waals surface area contributed by atoms with Gasteiger partial charge in [-0.1, -0.05) is 42.3 Å². The fourth-order valence-corrected chi connectivity index (χ4v) is 4.19. The molecule has 0 unspecified atom stereocenters. The second kappa shape index (κ2) is 9.21. The Balaban J connectivity index is 1.36. The van der Waals surface area contributed by atoms with Crippen LogP contribution in [-0.4, -0.2) is 26.8 Å². The first-order valence-corrected chi connectivity index (χ1v) is 10.9. The molecule has 0 saturated carbocycles. The number of rotatable bonds is 8. The second-order valence-electron chi connectivity index (χ2n) is 6.43. The molecule has 148 valence electrons. The molecule has 1 N–H and O–H groups in total. The molecule has 0 atom stereocenters. The van der Waals surface area contributed by atoms with Gasteiger partial charge in [-0.3, -0.25) is 14.5 Å². The van der Waals surface area contributed by atoms with Crippen LogP contribution in [0.5, 0.6) is 0 Å². The van der Waals surface area contributed by atoms with Gasteiger partial charge in [-0.2, -0.15) is 0 Å². The maximum absolute atomic E-state index is 12.0. The second-order valence-corrected chi connectivity index (χ2v) is 8.52. The van der Waals surface area contributed by atoms with E-state index in [-0.39, 0.29) is 17.5 Å². The summed E-state index contributed by atoms with van der Waals surface area (Å²) in [7, 11) is -3.49. The highest BCUT2D eigenvalue weighted by atomic mass is 35.5. The maximum Gasteiger partial charge on any atom is 0.306 e. The van der Waals surface area contributed by atoms with Crippen LogP contribution in [0.4, 0.5) is 0 Å². The number of hydrogen-bond donors (Lipinski definition) is 1. The molecule has 0 bridgehead atoms. The first kappa shape index (κ1) is 20.4. The van der Waals surface area contributed by atoms with Crippen molar-refractivity contribution in [2.75, 3.05) is 6.54 Å². The maximum atomic E-state index is 12.0. The molecule has 3 rings (SSSR count). The zero-order valence-corrected chi connectivity index (χ0v) is 16.8. The molecule has 28 heavy (non-hydrogen) atoms. The molecule has 1 heterocycles. The summed E-state index contributed by atoms with van der Waals surface area (Å²) in [6.07, 6.45) is 2.62. The fraction of sp³-hybridized carbons (Fsp3) is 0.300. The highest BCUT2D eigenvalue weighted by molar-refractivity contribution is 7.90. The third-order valence-electron chi connectivity index (χ3n) is 4.28. The predicted octanol–water partition coefficient (Wildman–Crippen LogP) is 3.68. The Hall–Kier alpha value is -2.38. The van der Waals surface area contributed by atoms with E-state index in [0.717, 1.165) is 18.4 Å². The van der Waals surface area contributed by atoms with Crippen LogP contribution < -0.4 is 4.72 Å². The van der Waals surface area contributed by atoms with Gasteiger partial charge >= 0.3 is 5.97 Å². The van der Waals surface area contributed by atoms with Crippen LogP contribution in [0.25, 0.3) is 0 Å². The van der Waals surface area contributed by atoms with Crippen molar-refractivity contribution >= 4 is 33.4 Å². The van der Waals surface area contributed by atoms with Crippen molar-refractivity contribution in [1.29, 1.82) is 0 Å². The molecule has 0 amide bonds. The van der Waals surface area contributed by atoms with Crippen LogP contribution in [0.2, 0.25) is 5.02 Å². The number of hydrogen-bond acceptors (Lipinski definition) is 5. The monoisotopic (exact) mass is 420 g/mol. The van der Waals surface area contributed by atoms with E-state index in [4.69, 9.17) is 16.3 Å². The summed E-state index contributed by atoms with van der Waals surface area (Å²) >= 11 is 5.81. The van der Waals surface area contributed by atoms with E-state index in [9.17, 15) is 13.2 Å². The molecule has 0 spiro atoms. The normalized spacial score (nSPS) is 15.8. The molecule has 0 saturated heterocycles. The van der Waals surface area contributed by atoms with Crippen LogP contribution in [0.15, 0.2) is 58.4 Å². The lowest BCUT2D eigenvalue weighted by Gasteiger charge is -2.05. The largest absolute Gasteiger partial charge is 0.461 e. The van der Waals surface area contributed by atoms with Crippen LogP contribution in [-0.2, 0) is 26.2 Å². The van der Waals surface area contributed by atoms with E-state index < -0.39 is 10.0 Å². The Bertz CT molecular complexity index is 972. The number of ether oxygens (including phenoxy) is 1. The van der Waals surface area contributed by atoms with E-state index >= 15 is 0 Å². The Kier molecular flexibility index (Phi) is 6.70. The molecule has 1 aliphatic heterocycles. The molecule has 6 nitrogen and oxygen atoms in total. The number of nitrogens with zero attached hydrogens (tertiary/aromatic N) is 1. The van der Waals surface area contributed by atoms with Crippen LogP contribution >= 0.6 is 11.6 Å². The van der Waals surface area contributed by atoms with Gasteiger partial charge in [0, 0.05) is 23.6 Å². The first-order chi connectivity index (χ1) is 13.5. The number of halogens is 1. The van der Waals surface area contributed by atoms with E-state index in [1.165, 1.54) is 0 Å². The summed E-state index contributed by atoms with van der Waals surface area (Å²) in [5.41, 5.74) is 1.50. The van der Waals surface area contributed by atoms with Crippen molar-refractivity contribution in [3.63, 3.8) is 0 Å². The number of benzene rings is 2. The number of carbonyl (C=O) groups is 1. The Morgan fingerprint density at radius 2 is 1.79 bits per heavy atom. The van der Waals surface area contributed by atoms with Gasteiger partial charge < -0.3 is 4.74 Å². The molecular formula is C20H21ClN2O4S. The molecule has 0 radical (unpaired) electrons. The van der Waals surface area contributed by atoms with Gasteiger partial charge in [0.2, 0.25) is 0 Å². The molecular weight excluding hydrogens is 400 g/mol. The average molecular weight is 421 g/mol. The lowest BCUT2D eigenvalue weighted by atomic mass is 10.2. The number of unbranched alkanes of at least 4 members (excludes halogenated alkanes) is 2. The van der Waals surface area contributed by atoms with Gasteiger partial charge in [0.05, 0.1) is 4.90 Å². The summed E-state index contributed by atoms with van der Waals surface area (Å²) in [5.74, 6) is 0.150. The number of carbonyl (C=O) groups excluding carboxylic acids is 1. The molecule has 0 aliphatic carbocycles. The highest BCUT2D eigenvalue weighted by Crippen LogP contribution is 2.22. The van der Waals surface area contributed by atoms with Gasteiger partial charge in [0.15, 0.2) is 0 Å². The quantitative estimate of drug-likeness (QED) is 0.521. The number of fused-ring (bicyclic) bond motifs is 1. The highest BCUT2D eigenvalue weighted by Gasteiger charge is 2.29. The summed E-state index contributed by atoms with van der Waals surface area (Å²) in [6.45, 7) is 0.731. The standard InChI is InChI=1S/C20H21ClN2O4S/c21-16-11-9-15(10-12-16)14-27-19(24)8-2-1-5-13-22-20-17-6-3-4-7-18(17)28(25,26)23-20/h3-4,6-7,9-12H,1-2,5,8,13-14H2,(H,22,23). The molecule has 8 heteroatoms. The Labute approximate surface area is 169 Å². The minimum atomic E-state index is -3.49. The zero-order valence-electron chi connectivity index (χ0n) is 15.2. The minimum absolute atomic E-state index is 0.237. The van der Waals surface area contributed by atoms with Crippen molar-refractivity contribution in [3.8, 4) is 0 Å². The van der Waals surface area contributed by atoms with E-state index in [1.807, 2.05) is 12.1 Å². The first-order valence-electron chi connectivity index (χ1n) is 9.02. The summed E-state index contributed by atoms with van der Waals surface area (Å²) in [4.78, 5) is 16.4. The van der Waals surface area contributed by atoms with Crippen molar-refractivity contribution < 1.29 is 17.9 Å². The smallest absolute Gasteiger partial charge is 0.306 e. The fourth-order valence-electron chi connectivity index (χ4n) is 2.82. The minimum Gasteiger partial charge on any atom is -0.461 e. The molecule has 1 aliphatic rings. The summed E-state index contributed by atoms with van der Waals surface area (Å²) in [6, 6.07) is 13.9. The van der Waals surface area contributed by atoms with Gasteiger partial charge in [-0.15, -0.1) is 0 Å². The predicted molar refractivity (Wildman–Crippen MR) is 108 cm³/mol. The SMILES string of the molecule is O=C(CCCCCN=C1NS(=O)(=O)c2ccccc21)OCc1ccc(Cl)cc1. The number of nitrogens with one attached hydrogen (secondary N) is 1. The van der Waals surface area contributed by atoms with E-state index in [1.54, 1.807) is 36.4 Å². The number of aliphatic imine (C=N–C) groups is 1. The topological polar surface area (TPSA) is 84.8 Å². The van der Waals surface area contributed by atoms with Gasteiger partial charge in [0.25, 0.3) is 10.0 Å². The van der Waals surface area contributed by atoms with Crippen LogP contribution in [0, 0.1) is 0 Å². The Morgan fingerprint density at radius 3 is 2.57 bits per heavy atom. The van der Waals surface area contributed by atoms with Crippen molar-refractivity contribution in [2.24, 2.45) is 4.99 Å². The molecule has 0 fully saturated rings. The summed E-state index contributed by atoms with van der Waals surface area (Å²) in [5, 5.41) is 0.646. The molecule has 2 aromatic carbocycles. The van der Waals surface area contributed by atoms with Crippen molar-refractivity contribution in [2.45, 2.75) is 37.2 Å². The lowest BCUT2D eigenvalue weighted by molar-refractivity contribution is -0.145. The molecule has 2 aromatic rings. The third kappa shape index (κ3) is 5.33. The Morgan fingerprint density at radius 1 is 1.04 bits per heavy atom. The van der Waals surface area contributed by atoms with Gasteiger partial charge in [-0.05, 0) is 42.7 Å². The van der Waals surface area contributed by atoms with Gasteiger partial charge in [-0.25, -0.2) is 8.42 Å². The number of sulfonamides is 1. The number of amidine groups is 1. The van der Waals surface area contributed by atoms with E-state index in [0.29, 0.717) is 35.8 Å². The van der Waals surface area contributed by atoms with E-state index in [2.05, 4.69) is 9.71 Å². The van der Waals surface area contributed by atoms with Gasteiger partial charge in [0.1, 0.15) is 12.4 Å². The van der Waals surface area contributed by atoms with Crippen molar-refractivity contribution in [3.05, 3.63) is 64.7 Å². The number of esters is 1. The zero-order chi connectivity index (χ0) is 20.0. The summed E-state index contributed by atoms with van der Waals surface area (Å²) < 4.78 is 31.7. The molecule has 0 aromatic heterocycles. The lowest BCUT2D eigenvalue weighted by Crippen LogP contribution is -2.22. The average Bonchev–Trinajstić information content (AvgIpc) is 2.95.